The van der Waals surface area contributed by atoms with E-state index in [4.69, 9.17) is 0 Å². The van der Waals surface area contributed by atoms with E-state index >= 15 is 0 Å². The SMILES string of the molecule is OC1(Cc2ccc(F)c(F)c2)CC1. The maximum atomic E-state index is 12.7. The van der Waals surface area contributed by atoms with E-state index in [0.29, 0.717) is 12.0 Å². The average molecular weight is 184 g/mol. The second-order valence-electron chi connectivity index (χ2n) is 3.65. The van der Waals surface area contributed by atoms with Gasteiger partial charge in [0.05, 0.1) is 5.60 Å². The molecule has 0 heterocycles. The molecule has 0 radical (unpaired) electrons. The van der Waals surface area contributed by atoms with Crippen molar-refractivity contribution in [3.63, 3.8) is 0 Å². The van der Waals surface area contributed by atoms with Crippen molar-refractivity contribution in [2.45, 2.75) is 24.9 Å². The zero-order valence-electron chi connectivity index (χ0n) is 7.06. The fourth-order valence-electron chi connectivity index (χ4n) is 1.35. The first-order valence-corrected chi connectivity index (χ1v) is 4.25. The third kappa shape index (κ3) is 1.86. The third-order valence-corrected chi connectivity index (χ3v) is 2.34. The number of aliphatic hydroxyl groups is 1. The van der Waals surface area contributed by atoms with Gasteiger partial charge in [0.2, 0.25) is 0 Å². The summed E-state index contributed by atoms with van der Waals surface area (Å²) in [5.41, 5.74) is 0.00322. The highest BCUT2D eigenvalue weighted by Crippen LogP contribution is 2.38. The van der Waals surface area contributed by atoms with Crippen molar-refractivity contribution in [1.29, 1.82) is 0 Å². The van der Waals surface area contributed by atoms with Gasteiger partial charge in [-0.15, -0.1) is 0 Å². The Morgan fingerprint density at radius 2 is 1.92 bits per heavy atom. The molecule has 0 bridgehead atoms. The summed E-state index contributed by atoms with van der Waals surface area (Å²) >= 11 is 0. The summed E-state index contributed by atoms with van der Waals surface area (Å²) < 4.78 is 25.2. The van der Waals surface area contributed by atoms with Gasteiger partial charge < -0.3 is 5.11 Å². The Morgan fingerprint density at radius 1 is 1.23 bits per heavy atom. The second kappa shape index (κ2) is 2.77. The number of hydrogen-bond donors (Lipinski definition) is 1. The fraction of sp³-hybridized carbons (Fsp3) is 0.400. The molecule has 0 unspecified atom stereocenters. The largest absolute Gasteiger partial charge is 0.390 e. The Labute approximate surface area is 75.0 Å². The minimum absolute atomic E-state index is 0.421. The maximum absolute atomic E-state index is 12.7. The lowest BCUT2D eigenvalue weighted by Crippen LogP contribution is -2.10. The molecular weight excluding hydrogens is 174 g/mol. The summed E-state index contributed by atoms with van der Waals surface area (Å²) in [6.45, 7) is 0. The van der Waals surface area contributed by atoms with Gasteiger partial charge in [0.15, 0.2) is 11.6 Å². The highest BCUT2D eigenvalue weighted by atomic mass is 19.2. The summed E-state index contributed by atoms with van der Waals surface area (Å²) in [7, 11) is 0. The topological polar surface area (TPSA) is 20.2 Å². The Balaban J connectivity index is 2.17. The first-order valence-electron chi connectivity index (χ1n) is 4.25. The summed E-state index contributed by atoms with van der Waals surface area (Å²) in [6, 6.07) is 3.75. The molecule has 2 rings (SSSR count). The van der Waals surface area contributed by atoms with Gasteiger partial charge in [-0.3, -0.25) is 0 Å². The average Bonchev–Trinajstić information content (AvgIpc) is 2.76. The predicted molar refractivity (Wildman–Crippen MR) is 44.2 cm³/mol. The van der Waals surface area contributed by atoms with Crippen LogP contribution in [0.25, 0.3) is 0 Å². The predicted octanol–water partition coefficient (Wildman–Crippen LogP) is 2.03. The molecule has 1 aliphatic rings. The van der Waals surface area contributed by atoms with Crippen LogP contribution in [0.3, 0.4) is 0 Å². The van der Waals surface area contributed by atoms with Crippen molar-refractivity contribution < 1.29 is 13.9 Å². The monoisotopic (exact) mass is 184 g/mol. The minimum Gasteiger partial charge on any atom is -0.390 e. The van der Waals surface area contributed by atoms with Gasteiger partial charge in [-0.1, -0.05) is 6.07 Å². The van der Waals surface area contributed by atoms with Crippen LogP contribution >= 0.6 is 0 Å². The van der Waals surface area contributed by atoms with Crippen molar-refractivity contribution >= 4 is 0 Å². The summed E-state index contributed by atoms with van der Waals surface area (Å²) in [5.74, 6) is -1.69. The van der Waals surface area contributed by atoms with Crippen LogP contribution in [0.5, 0.6) is 0 Å². The van der Waals surface area contributed by atoms with Crippen molar-refractivity contribution in [2.75, 3.05) is 0 Å². The fourth-order valence-corrected chi connectivity index (χ4v) is 1.35. The molecule has 0 amide bonds. The smallest absolute Gasteiger partial charge is 0.159 e. The number of halogens is 2. The molecule has 1 N–H and O–H groups in total. The van der Waals surface area contributed by atoms with Gasteiger partial charge >= 0.3 is 0 Å². The number of rotatable bonds is 2. The Bertz CT molecular complexity index is 332. The lowest BCUT2D eigenvalue weighted by atomic mass is 10.1. The van der Waals surface area contributed by atoms with Gasteiger partial charge in [-0.25, -0.2) is 8.78 Å². The maximum Gasteiger partial charge on any atom is 0.159 e. The van der Waals surface area contributed by atoms with Gasteiger partial charge in [0.25, 0.3) is 0 Å². The van der Waals surface area contributed by atoms with E-state index in [9.17, 15) is 13.9 Å². The van der Waals surface area contributed by atoms with Crippen molar-refractivity contribution in [2.24, 2.45) is 0 Å². The Morgan fingerprint density at radius 3 is 2.46 bits per heavy atom. The molecule has 3 heteroatoms. The molecule has 0 spiro atoms. The summed E-state index contributed by atoms with van der Waals surface area (Å²) in [6.07, 6.45) is 1.93. The van der Waals surface area contributed by atoms with Crippen molar-refractivity contribution in [3.8, 4) is 0 Å². The molecule has 0 saturated heterocycles. The van der Waals surface area contributed by atoms with Gasteiger partial charge in [-0.2, -0.15) is 0 Å². The molecule has 0 aliphatic heterocycles. The number of hydrogen-bond acceptors (Lipinski definition) is 1. The molecular formula is C10H10F2O. The summed E-state index contributed by atoms with van der Waals surface area (Å²) in [4.78, 5) is 0. The highest BCUT2D eigenvalue weighted by Gasteiger charge is 2.40. The number of benzene rings is 1. The van der Waals surface area contributed by atoms with Crippen molar-refractivity contribution in [3.05, 3.63) is 35.4 Å². The van der Waals surface area contributed by atoms with E-state index in [0.717, 1.165) is 25.0 Å². The van der Waals surface area contributed by atoms with Crippen LogP contribution in [0, 0.1) is 11.6 Å². The van der Waals surface area contributed by atoms with Crippen molar-refractivity contribution in [1.82, 2.24) is 0 Å². The standard InChI is InChI=1S/C10H10F2O/c11-8-2-1-7(5-9(8)12)6-10(13)3-4-10/h1-2,5,13H,3-4,6H2. The molecule has 1 aromatic rings. The lowest BCUT2D eigenvalue weighted by Gasteiger charge is -2.06. The molecule has 1 saturated carbocycles. The Hall–Kier alpha value is -0.960. The summed E-state index contributed by atoms with van der Waals surface area (Å²) in [5, 5.41) is 9.53. The van der Waals surface area contributed by atoms with E-state index in [1.807, 2.05) is 0 Å². The van der Waals surface area contributed by atoms with Crippen LogP contribution in [0.1, 0.15) is 18.4 Å². The molecule has 0 aromatic heterocycles. The third-order valence-electron chi connectivity index (χ3n) is 2.34. The molecule has 0 atom stereocenters. The molecule has 1 nitrogen and oxygen atoms in total. The first kappa shape index (κ1) is 8.63. The molecule has 1 aliphatic carbocycles. The zero-order chi connectivity index (χ0) is 9.47. The van der Waals surface area contributed by atoms with Crippen LogP contribution in [-0.4, -0.2) is 10.7 Å². The van der Waals surface area contributed by atoms with E-state index in [1.165, 1.54) is 6.07 Å². The van der Waals surface area contributed by atoms with Gasteiger partial charge in [-0.05, 0) is 30.5 Å². The van der Waals surface area contributed by atoms with Crippen LogP contribution in [0.15, 0.2) is 18.2 Å². The molecule has 1 aromatic carbocycles. The second-order valence-corrected chi connectivity index (χ2v) is 3.65. The molecule has 13 heavy (non-hydrogen) atoms. The molecule has 70 valence electrons. The normalized spacial score (nSPS) is 18.7. The first-order chi connectivity index (χ1) is 6.09. The Kier molecular flexibility index (Phi) is 1.84. The van der Waals surface area contributed by atoms with E-state index in [-0.39, 0.29) is 0 Å². The van der Waals surface area contributed by atoms with Gasteiger partial charge in [0.1, 0.15) is 0 Å². The van der Waals surface area contributed by atoms with Gasteiger partial charge in [0, 0.05) is 6.42 Å². The van der Waals surface area contributed by atoms with Crippen LogP contribution in [-0.2, 0) is 6.42 Å². The van der Waals surface area contributed by atoms with Crippen LogP contribution in [0.4, 0.5) is 8.78 Å². The van der Waals surface area contributed by atoms with E-state index in [1.54, 1.807) is 0 Å². The lowest BCUT2D eigenvalue weighted by molar-refractivity contribution is 0.151. The minimum atomic E-state index is -0.846. The highest BCUT2D eigenvalue weighted by molar-refractivity contribution is 5.21. The van der Waals surface area contributed by atoms with Crippen LogP contribution in [0.2, 0.25) is 0 Å². The quantitative estimate of drug-likeness (QED) is 0.745. The zero-order valence-corrected chi connectivity index (χ0v) is 7.06. The van der Waals surface area contributed by atoms with E-state index < -0.39 is 17.2 Å². The van der Waals surface area contributed by atoms with Crippen LogP contribution < -0.4 is 0 Å². The molecule has 1 fully saturated rings. The van der Waals surface area contributed by atoms with E-state index in [2.05, 4.69) is 0 Å².